The molecule has 0 spiro atoms. The minimum Gasteiger partial charge on any atom is -0.465 e. The van der Waals surface area contributed by atoms with Gasteiger partial charge in [-0.25, -0.2) is 4.79 Å². The Morgan fingerprint density at radius 2 is 2.04 bits per heavy atom. The van der Waals surface area contributed by atoms with E-state index >= 15 is 0 Å². The van der Waals surface area contributed by atoms with Crippen molar-refractivity contribution in [3.8, 4) is 0 Å². The number of methoxy groups -OCH3 is 1. The first kappa shape index (κ1) is 19.4. The Hall–Kier alpha value is -2.37. The van der Waals surface area contributed by atoms with Crippen LogP contribution in [0.3, 0.4) is 0 Å². The first-order valence-corrected chi connectivity index (χ1v) is 9.39. The summed E-state index contributed by atoms with van der Waals surface area (Å²) in [6, 6.07) is 14.6. The lowest BCUT2D eigenvalue weighted by Gasteiger charge is -2.32. The van der Waals surface area contributed by atoms with Crippen molar-refractivity contribution in [2.75, 3.05) is 25.5 Å². The maximum absolute atomic E-state index is 12.7. The summed E-state index contributed by atoms with van der Waals surface area (Å²) >= 11 is 6.06. The number of carbonyl (C=O) groups is 2. The van der Waals surface area contributed by atoms with Crippen molar-refractivity contribution < 1.29 is 14.3 Å². The molecule has 0 saturated carbocycles. The fourth-order valence-electron chi connectivity index (χ4n) is 3.39. The largest absolute Gasteiger partial charge is 0.465 e. The van der Waals surface area contributed by atoms with Crippen LogP contribution in [0.15, 0.2) is 48.5 Å². The van der Waals surface area contributed by atoms with Gasteiger partial charge in [0.2, 0.25) is 5.91 Å². The maximum Gasteiger partial charge on any atom is 0.337 e. The second-order valence-electron chi connectivity index (χ2n) is 6.77. The number of halogens is 1. The van der Waals surface area contributed by atoms with Crippen LogP contribution in [0.1, 0.15) is 28.8 Å². The van der Waals surface area contributed by atoms with Gasteiger partial charge in [-0.15, -0.1) is 0 Å². The Morgan fingerprint density at radius 3 is 2.81 bits per heavy atom. The van der Waals surface area contributed by atoms with Gasteiger partial charge in [-0.05, 0) is 55.3 Å². The number of benzene rings is 2. The highest BCUT2D eigenvalue weighted by Gasteiger charge is 2.26. The molecule has 1 amide bonds. The topological polar surface area (TPSA) is 58.6 Å². The molecule has 2 aromatic rings. The number of amides is 1. The van der Waals surface area contributed by atoms with E-state index in [1.54, 1.807) is 24.3 Å². The Bertz CT molecular complexity index is 825. The van der Waals surface area contributed by atoms with Crippen LogP contribution in [-0.4, -0.2) is 37.0 Å². The molecule has 1 heterocycles. The first-order valence-electron chi connectivity index (χ1n) is 9.01. The average molecular weight is 387 g/mol. The molecule has 1 unspecified atom stereocenters. The zero-order valence-electron chi connectivity index (χ0n) is 15.3. The highest BCUT2D eigenvalue weighted by atomic mass is 35.5. The highest BCUT2D eigenvalue weighted by molar-refractivity contribution is 6.30. The maximum atomic E-state index is 12.7. The standard InChI is InChI=1S/C21H23ClN2O3/c1-27-21(26)16-6-3-9-19(12-16)23-20(25)17-7-4-10-24(14-17)13-15-5-2-8-18(22)11-15/h2-3,5-6,8-9,11-12,17H,4,7,10,13-14H2,1H3,(H,23,25). The van der Waals surface area contributed by atoms with E-state index in [9.17, 15) is 9.59 Å². The zero-order chi connectivity index (χ0) is 19.2. The van der Waals surface area contributed by atoms with Crippen LogP contribution >= 0.6 is 11.6 Å². The van der Waals surface area contributed by atoms with E-state index in [1.165, 1.54) is 7.11 Å². The van der Waals surface area contributed by atoms with E-state index in [1.807, 2.05) is 24.3 Å². The van der Waals surface area contributed by atoms with E-state index in [-0.39, 0.29) is 11.8 Å². The van der Waals surface area contributed by atoms with Gasteiger partial charge in [-0.2, -0.15) is 0 Å². The molecule has 0 aliphatic carbocycles. The number of ether oxygens (including phenoxy) is 1. The number of likely N-dealkylation sites (tertiary alicyclic amines) is 1. The van der Waals surface area contributed by atoms with E-state index in [0.717, 1.165) is 36.5 Å². The number of nitrogens with zero attached hydrogens (tertiary/aromatic N) is 1. The van der Waals surface area contributed by atoms with Crippen molar-refractivity contribution in [1.29, 1.82) is 0 Å². The number of rotatable bonds is 5. The number of hydrogen-bond acceptors (Lipinski definition) is 4. The van der Waals surface area contributed by atoms with E-state index in [4.69, 9.17) is 16.3 Å². The van der Waals surface area contributed by atoms with Crippen LogP contribution in [0.5, 0.6) is 0 Å². The van der Waals surface area contributed by atoms with Gasteiger partial charge >= 0.3 is 5.97 Å². The summed E-state index contributed by atoms with van der Waals surface area (Å²) < 4.78 is 4.72. The van der Waals surface area contributed by atoms with Crippen LogP contribution in [-0.2, 0) is 16.1 Å². The van der Waals surface area contributed by atoms with Crippen molar-refractivity contribution in [2.24, 2.45) is 5.92 Å². The predicted octanol–water partition coefficient (Wildman–Crippen LogP) is 3.98. The monoisotopic (exact) mass is 386 g/mol. The summed E-state index contributed by atoms with van der Waals surface area (Å²) in [5.74, 6) is -0.524. The normalized spacial score (nSPS) is 17.3. The molecule has 1 saturated heterocycles. The zero-order valence-corrected chi connectivity index (χ0v) is 16.0. The van der Waals surface area contributed by atoms with Gasteiger partial charge in [-0.3, -0.25) is 9.69 Å². The lowest BCUT2D eigenvalue weighted by Crippen LogP contribution is -2.40. The fourth-order valence-corrected chi connectivity index (χ4v) is 3.61. The SMILES string of the molecule is COC(=O)c1cccc(NC(=O)C2CCCN(Cc3cccc(Cl)c3)C2)c1. The molecule has 142 valence electrons. The van der Waals surface area contributed by atoms with Crippen molar-refractivity contribution >= 4 is 29.2 Å². The van der Waals surface area contributed by atoms with Gasteiger partial charge < -0.3 is 10.1 Å². The number of carbonyl (C=O) groups excluding carboxylic acids is 2. The molecule has 1 atom stereocenters. The molecule has 0 radical (unpaired) electrons. The third-order valence-corrected chi connectivity index (χ3v) is 4.96. The van der Waals surface area contributed by atoms with Crippen LogP contribution in [0.2, 0.25) is 5.02 Å². The fraction of sp³-hybridized carbons (Fsp3) is 0.333. The van der Waals surface area contributed by atoms with Gasteiger partial charge in [0.25, 0.3) is 0 Å². The molecule has 2 aromatic carbocycles. The Labute approximate surface area is 164 Å². The molecule has 0 bridgehead atoms. The summed E-state index contributed by atoms with van der Waals surface area (Å²) in [6.07, 6.45) is 1.83. The predicted molar refractivity (Wildman–Crippen MR) is 106 cm³/mol. The minimum atomic E-state index is -0.420. The van der Waals surface area contributed by atoms with Gasteiger partial charge in [0.1, 0.15) is 0 Å². The second kappa shape index (κ2) is 9.02. The number of hydrogen-bond donors (Lipinski definition) is 1. The molecular weight excluding hydrogens is 364 g/mol. The molecule has 27 heavy (non-hydrogen) atoms. The summed E-state index contributed by atoms with van der Waals surface area (Å²) in [5.41, 5.74) is 2.17. The summed E-state index contributed by atoms with van der Waals surface area (Å²) in [4.78, 5) is 26.6. The Kier molecular flexibility index (Phi) is 6.48. The van der Waals surface area contributed by atoms with Crippen molar-refractivity contribution in [3.63, 3.8) is 0 Å². The smallest absolute Gasteiger partial charge is 0.337 e. The van der Waals surface area contributed by atoms with Gasteiger partial charge in [0, 0.05) is 23.8 Å². The second-order valence-corrected chi connectivity index (χ2v) is 7.20. The molecule has 6 heteroatoms. The van der Waals surface area contributed by atoms with E-state index in [2.05, 4.69) is 10.2 Å². The molecule has 0 aromatic heterocycles. The first-order chi connectivity index (χ1) is 13.0. The summed E-state index contributed by atoms with van der Waals surface area (Å²) in [5, 5.41) is 3.66. The Morgan fingerprint density at radius 1 is 1.22 bits per heavy atom. The van der Waals surface area contributed by atoms with Crippen LogP contribution in [0, 0.1) is 5.92 Å². The average Bonchev–Trinajstić information content (AvgIpc) is 2.68. The van der Waals surface area contributed by atoms with Gasteiger partial charge in [-0.1, -0.05) is 29.8 Å². The van der Waals surface area contributed by atoms with Gasteiger partial charge in [0.15, 0.2) is 0 Å². The molecule has 1 aliphatic rings. The van der Waals surface area contributed by atoms with Crippen molar-refractivity contribution in [2.45, 2.75) is 19.4 Å². The highest BCUT2D eigenvalue weighted by Crippen LogP contribution is 2.22. The third kappa shape index (κ3) is 5.31. The summed E-state index contributed by atoms with van der Waals surface area (Å²) in [7, 11) is 1.34. The lowest BCUT2D eigenvalue weighted by molar-refractivity contribution is -0.121. The molecule has 3 rings (SSSR count). The number of piperidine rings is 1. The summed E-state index contributed by atoms with van der Waals surface area (Å²) in [6.45, 7) is 2.45. The van der Waals surface area contributed by atoms with Gasteiger partial charge in [0.05, 0.1) is 18.6 Å². The molecule has 1 aliphatic heterocycles. The number of nitrogens with one attached hydrogen (secondary N) is 1. The Balaban J connectivity index is 1.60. The lowest BCUT2D eigenvalue weighted by atomic mass is 9.96. The van der Waals surface area contributed by atoms with E-state index in [0.29, 0.717) is 17.8 Å². The van der Waals surface area contributed by atoms with Crippen molar-refractivity contribution in [1.82, 2.24) is 4.90 Å². The quantitative estimate of drug-likeness (QED) is 0.790. The molecule has 1 N–H and O–H groups in total. The number of anilines is 1. The molecule has 1 fully saturated rings. The molecule has 5 nitrogen and oxygen atoms in total. The number of esters is 1. The van der Waals surface area contributed by atoms with Crippen molar-refractivity contribution in [3.05, 3.63) is 64.7 Å². The van der Waals surface area contributed by atoms with Crippen LogP contribution in [0.25, 0.3) is 0 Å². The van der Waals surface area contributed by atoms with Crippen LogP contribution < -0.4 is 5.32 Å². The minimum absolute atomic E-state index is 0.0205. The third-order valence-electron chi connectivity index (χ3n) is 4.72. The van der Waals surface area contributed by atoms with Crippen LogP contribution in [0.4, 0.5) is 5.69 Å². The van der Waals surface area contributed by atoms with E-state index < -0.39 is 5.97 Å². The molecular formula is C21H23ClN2O3.